The molecule has 1 N–H and O–H groups in total. The van der Waals surface area contributed by atoms with E-state index in [1.165, 1.54) is 15.6 Å². The maximum Gasteiger partial charge on any atom is 0.244 e. The molecule has 0 radical (unpaired) electrons. The van der Waals surface area contributed by atoms with E-state index in [0.29, 0.717) is 24.0 Å². The van der Waals surface area contributed by atoms with Gasteiger partial charge in [0.1, 0.15) is 11.0 Å². The van der Waals surface area contributed by atoms with Gasteiger partial charge in [0.15, 0.2) is 0 Å². The summed E-state index contributed by atoms with van der Waals surface area (Å²) in [6, 6.07) is 6.00. The van der Waals surface area contributed by atoms with Crippen molar-refractivity contribution in [3.05, 3.63) is 34.8 Å². The summed E-state index contributed by atoms with van der Waals surface area (Å²) in [6.45, 7) is 6.45. The van der Waals surface area contributed by atoms with Gasteiger partial charge in [0.05, 0.1) is 4.90 Å². The molecule has 0 spiro atoms. The lowest BCUT2D eigenvalue weighted by atomic mass is 10.0. The molecule has 1 amide bonds. The molecule has 3 rings (SSSR count). The van der Waals surface area contributed by atoms with Gasteiger partial charge in [0, 0.05) is 12.5 Å². The average Bonchev–Trinajstić information content (AvgIpc) is 3.17. The van der Waals surface area contributed by atoms with E-state index in [9.17, 15) is 13.2 Å². The summed E-state index contributed by atoms with van der Waals surface area (Å²) in [6.07, 6.45) is 3.98. The Labute approximate surface area is 176 Å². The maximum absolute atomic E-state index is 13.2. The number of amides is 1. The summed E-state index contributed by atoms with van der Waals surface area (Å²) in [7, 11) is -3.74. The third kappa shape index (κ3) is 4.84. The topological polar surface area (TPSA) is 92.3 Å². The maximum atomic E-state index is 13.2. The minimum atomic E-state index is -3.74. The normalized spacial score (nSPS) is 18.1. The molecule has 1 aliphatic heterocycles. The van der Waals surface area contributed by atoms with Gasteiger partial charge in [0.25, 0.3) is 0 Å². The van der Waals surface area contributed by atoms with Crippen LogP contribution in [0.5, 0.6) is 0 Å². The summed E-state index contributed by atoms with van der Waals surface area (Å²) in [5.74, 6) is -0.0149. The highest BCUT2D eigenvalue weighted by Crippen LogP contribution is 2.30. The standard InChI is InChI=1S/C20H28N4O3S2/c1-4-15(5-2)19-22-23-20(28-19)21-18(25)17-8-6-7-13-24(17)29(26,27)16-11-9-14(3)10-12-16/h9-12,15,17H,4-8,13H2,1-3H3,(H,21,23,25). The Kier molecular flexibility index (Phi) is 7.02. The number of sulfonamides is 1. The van der Waals surface area contributed by atoms with E-state index >= 15 is 0 Å². The first-order valence-electron chi connectivity index (χ1n) is 10.1. The van der Waals surface area contributed by atoms with Gasteiger partial charge in [-0.25, -0.2) is 8.42 Å². The van der Waals surface area contributed by atoms with Crippen LogP contribution in [0, 0.1) is 6.92 Å². The van der Waals surface area contributed by atoms with Gasteiger partial charge in [-0.15, -0.1) is 10.2 Å². The number of hydrogen-bond acceptors (Lipinski definition) is 6. The summed E-state index contributed by atoms with van der Waals surface area (Å²) < 4.78 is 27.6. The molecule has 1 atom stereocenters. The van der Waals surface area contributed by atoms with Crippen LogP contribution in [0.25, 0.3) is 0 Å². The van der Waals surface area contributed by atoms with Crippen LogP contribution in [0.15, 0.2) is 29.2 Å². The van der Waals surface area contributed by atoms with E-state index in [1.54, 1.807) is 24.3 Å². The predicted molar refractivity (Wildman–Crippen MR) is 115 cm³/mol. The molecule has 0 saturated carbocycles. The molecule has 1 aliphatic rings. The minimum absolute atomic E-state index is 0.217. The molecular formula is C20H28N4O3S2. The van der Waals surface area contributed by atoms with Crippen LogP contribution in [0.2, 0.25) is 0 Å². The van der Waals surface area contributed by atoms with Gasteiger partial charge in [-0.05, 0) is 44.7 Å². The lowest BCUT2D eigenvalue weighted by molar-refractivity contribution is -0.120. The van der Waals surface area contributed by atoms with Crippen molar-refractivity contribution in [3.63, 3.8) is 0 Å². The number of anilines is 1. The molecule has 7 nitrogen and oxygen atoms in total. The second kappa shape index (κ2) is 9.32. The first-order valence-corrected chi connectivity index (χ1v) is 12.3. The first-order chi connectivity index (χ1) is 13.9. The fourth-order valence-electron chi connectivity index (χ4n) is 3.58. The number of aromatic nitrogens is 2. The third-order valence-corrected chi connectivity index (χ3v) is 8.31. The number of nitrogens with zero attached hydrogens (tertiary/aromatic N) is 3. The number of benzene rings is 1. The number of carbonyl (C=O) groups excluding carboxylic acids is 1. The first kappa shape index (κ1) is 21.9. The number of hydrogen-bond donors (Lipinski definition) is 1. The zero-order valence-electron chi connectivity index (χ0n) is 17.1. The fourth-order valence-corrected chi connectivity index (χ4v) is 6.25. The second-order valence-electron chi connectivity index (χ2n) is 7.39. The molecule has 1 unspecified atom stereocenters. The Morgan fingerprint density at radius 3 is 2.55 bits per heavy atom. The predicted octanol–water partition coefficient (Wildman–Crippen LogP) is 3.93. The minimum Gasteiger partial charge on any atom is -0.299 e. The van der Waals surface area contributed by atoms with Crippen LogP contribution < -0.4 is 5.32 Å². The van der Waals surface area contributed by atoms with Gasteiger partial charge >= 0.3 is 0 Å². The Balaban J connectivity index is 1.79. The highest BCUT2D eigenvalue weighted by molar-refractivity contribution is 7.89. The van der Waals surface area contributed by atoms with Crippen molar-refractivity contribution in [3.8, 4) is 0 Å². The van der Waals surface area contributed by atoms with E-state index in [1.807, 2.05) is 6.92 Å². The van der Waals surface area contributed by atoms with Gasteiger partial charge in [-0.3, -0.25) is 10.1 Å². The number of piperidine rings is 1. The number of aryl methyl sites for hydroxylation is 1. The van der Waals surface area contributed by atoms with Crippen LogP contribution in [0.4, 0.5) is 5.13 Å². The summed E-state index contributed by atoms with van der Waals surface area (Å²) in [5, 5.41) is 12.4. The van der Waals surface area contributed by atoms with Crippen molar-refractivity contribution in [2.75, 3.05) is 11.9 Å². The largest absolute Gasteiger partial charge is 0.299 e. The van der Waals surface area contributed by atoms with Crippen molar-refractivity contribution in [2.45, 2.75) is 69.7 Å². The van der Waals surface area contributed by atoms with E-state index in [4.69, 9.17) is 0 Å². The van der Waals surface area contributed by atoms with Crippen molar-refractivity contribution in [2.24, 2.45) is 0 Å². The smallest absolute Gasteiger partial charge is 0.244 e. The zero-order chi connectivity index (χ0) is 21.0. The van der Waals surface area contributed by atoms with E-state index in [2.05, 4.69) is 29.4 Å². The van der Waals surface area contributed by atoms with Crippen LogP contribution >= 0.6 is 11.3 Å². The Morgan fingerprint density at radius 1 is 1.21 bits per heavy atom. The molecule has 0 bridgehead atoms. The Morgan fingerprint density at radius 2 is 1.90 bits per heavy atom. The van der Waals surface area contributed by atoms with Crippen LogP contribution in [0.3, 0.4) is 0 Å². The fraction of sp³-hybridized carbons (Fsp3) is 0.550. The molecular weight excluding hydrogens is 408 g/mol. The molecule has 0 aliphatic carbocycles. The van der Waals surface area contributed by atoms with Crippen molar-refractivity contribution in [1.29, 1.82) is 0 Å². The average molecular weight is 437 g/mol. The monoisotopic (exact) mass is 436 g/mol. The molecule has 158 valence electrons. The quantitative estimate of drug-likeness (QED) is 0.710. The van der Waals surface area contributed by atoms with Crippen molar-refractivity contribution >= 4 is 32.4 Å². The van der Waals surface area contributed by atoms with Crippen molar-refractivity contribution < 1.29 is 13.2 Å². The lowest BCUT2D eigenvalue weighted by Gasteiger charge is -2.33. The van der Waals surface area contributed by atoms with Gasteiger partial charge in [-0.1, -0.05) is 49.3 Å². The summed E-state index contributed by atoms with van der Waals surface area (Å²) >= 11 is 1.37. The van der Waals surface area contributed by atoms with Crippen molar-refractivity contribution in [1.82, 2.24) is 14.5 Å². The molecule has 1 saturated heterocycles. The zero-order valence-corrected chi connectivity index (χ0v) is 18.7. The Hall–Kier alpha value is -1.84. The molecule has 2 aromatic rings. The lowest BCUT2D eigenvalue weighted by Crippen LogP contribution is -2.49. The SMILES string of the molecule is CCC(CC)c1nnc(NC(=O)C2CCCCN2S(=O)(=O)c2ccc(C)cc2)s1. The second-order valence-corrected chi connectivity index (χ2v) is 10.3. The number of carbonyl (C=O) groups is 1. The highest BCUT2D eigenvalue weighted by Gasteiger charge is 2.38. The molecule has 29 heavy (non-hydrogen) atoms. The molecule has 1 aromatic heterocycles. The van der Waals surface area contributed by atoms with Gasteiger partial charge < -0.3 is 0 Å². The molecule has 9 heteroatoms. The van der Waals surface area contributed by atoms with Gasteiger partial charge in [0.2, 0.25) is 21.1 Å². The van der Waals surface area contributed by atoms with Crippen LogP contribution in [-0.4, -0.2) is 41.4 Å². The van der Waals surface area contributed by atoms with E-state index in [0.717, 1.165) is 36.3 Å². The number of nitrogens with one attached hydrogen (secondary N) is 1. The molecule has 2 heterocycles. The van der Waals surface area contributed by atoms with Crippen LogP contribution in [-0.2, 0) is 14.8 Å². The number of rotatable bonds is 7. The molecule has 1 fully saturated rings. The van der Waals surface area contributed by atoms with E-state index < -0.39 is 16.1 Å². The highest BCUT2D eigenvalue weighted by atomic mass is 32.2. The van der Waals surface area contributed by atoms with E-state index in [-0.39, 0.29) is 10.8 Å². The summed E-state index contributed by atoms with van der Waals surface area (Å²) in [4.78, 5) is 13.2. The molecule has 1 aromatic carbocycles. The Bertz CT molecular complexity index is 937. The summed E-state index contributed by atoms with van der Waals surface area (Å²) in [5.41, 5.74) is 0.987. The van der Waals surface area contributed by atoms with Gasteiger partial charge in [-0.2, -0.15) is 4.31 Å². The third-order valence-electron chi connectivity index (χ3n) is 5.39. The van der Waals surface area contributed by atoms with Crippen LogP contribution in [0.1, 0.15) is 62.4 Å².